The summed E-state index contributed by atoms with van der Waals surface area (Å²) in [7, 11) is 0. The summed E-state index contributed by atoms with van der Waals surface area (Å²) in [4.78, 5) is 18.4. The van der Waals surface area contributed by atoms with Gasteiger partial charge >= 0.3 is 0 Å². The number of morpholine rings is 1. The Bertz CT molecular complexity index is 436. The molecule has 104 valence electrons. The van der Waals surface area contributed by atoms with Crippen molar-refractivity contribution in [2.75, 3.05) is 33.0 Å². The van der Waals surface area contributed by atoms with Crippen molar-refractivity contribution in [2.45, 2.75) is 12.2 Å². The van der Waals surface area contributed by atoms with Gasteiger partial charge in [0.2, 0.25) is 5.91 Å². The zero-order valence-electron chi connectivity index (χ0n) is 11.0. The van der Waals surface area contributed by atoms with Crippen molar-refractivity contribution < 1.29 is 9.53 Å². The molecule has 1 amide bonds. The molecule has 1 aromatic heterocycles. The monoisotopic (exact) mass is 281 g/mol. The number of nitrogens with zero attached hydrogens (tertiary/aromatic N) is 2. The van der Waals surface area contributed by atoms with Crippen LogP contribution in [-0.4, -0.2) is 48.8 Å². The van der Waals surface area contributed by atoms with Gasteiger partial charge in [0.25, 0.3) is 0 Å². The second-order valence-corrected chi connectivity index (χ2v) is 5.05. The first-order chi connectivity index (χ1) is 9.18. The Hall–Kier alpha value is -1.11. The molecule has 1 aromatic rings. The highest BCUT2D eigenvalue weighted by molar-refractivity contribution is 7.81. The van der Waals surface area contributed by atoms with Gasteiger partial charge in [-0.1, -0.05) is 6.07 Å². The number of hydrogen-bond acceptors (Lipinski definition) is 5. The van der Waals surface area contributed by atoms with Crippen LogP contribution >= 0.6 is 12.6 Å². The largest absolute Gasteiger partial charge is 0.379 e. The molecule has 0 spiro atoms. The summed E-state index contributed by atoms with van der Waals surface area (Å²) in [6, 6.07) is 3.78. The molecule has 1 saturated heterocycles. The van der Waals surface area contributed by atoms with Gasteiger partial charge in [-0.2, -0.15) is 12.6 Å². The lowest BCUT2D eigenvalue weighted by Crippen LogP contribution is -2.44. The molecule has 5 nitrogen and oxygen atoms in total. The fourth-order valence-corrected chi connectivity index (χ4v) is 2.32. The third-order valence-electron chi connectivity index (χ3n) is 3.14. The van der Waals surface area contributed by atoms with Crippen molar-refractivity contribution in [3.63, 3.8) is 0 Å². The van der Waals surface area contributed by atoms with Crippen LogP contribution in [0.25, 0.3) is 0 Å². The van der Waals surface area contributed by atoms with Crippen LogP contribution in [0.3, 0.4) is 0 Å². The molecule has 0 saturated carbocycles. The first kappa shape index (κ1) is 14.3. The van der Waals surface area contributed by atoms with Crippen molar-refractivity contribution in [3.8, 4) is 0 Å². The van der Waals surface area contributed by atoms with Crippen LogP contribution in [0, 0.1) is 6.92 Å². The lowest BCUT2D eigenvalue weighted by Gasteiger charge is -2.27. The number of pyridine rings is 1. The normalized spacial score (nSPS) is 18.0. The highest BCUT2D eigenvalue weighted by Crippen LogP contribution is 2.20. The Morgan fingerprint density at radius 1 is 1.58 bits per heavy atom. The van der Waals surface area contributed by atoms with Gasteiger partial charge in [0.1, 0.15) is 5.25 Å². The lowest BCUT2D eigenvalue weighted by molar-refractivity contribution is -0.121. The van der Waals surface area contributed by atoms with Gasteiger partial charge in [-0.05, 0) is 18.6 Å². The molecule has 6 heteroatoms. The van der Waals surface area contributed by atoms with E-state index in [4.69, 9.17) is 4.74 Å². The topological polar surface area (TPSA) is 54.5 Å². The summed E-state index contributed by atoms with van der Waals surface area (Å²) >= 11 is 4.36. The lowest BCUT2D eigenvalue weighted by atomic mass is 10.1. The first-order valence-electron chi connectivity index (χ1n) is 6.36. The summed E-state index contributed by atoms with van der Waals surface area (Å²) in [6.45, 7) is 5.60. The SMILES string of the molecule is Cc1cccnc1C(S)C(=O)NCN1CCOCC1. The Morgan fingerprint density at radius 2 is 2.32 bits per heavy atom. The summed E-state index contributed by atoms with van der Waals surface area (Å²) < 4.78 is 5.26. The maximum Gasteiger partial charge on any atom is 0.239 e. The second kappa shape index (κ2) is 6.88. The minimum atomic E-state index is -0.526. The standard InChI is InChI=1S/C13H19N3O2S/c1-10-3-2-4-14-11(10)12(19)13(17)15-9-16-5-7-18-8-6-16/h2-4,12,19H,5-9H2,1H3,(H,15,17). The number of carbonyl (C=O) groups is 1. The van der Waals surface area contributed by atoms with Gasteiger partial charge in [-0.25, -0.2) is 0 Å². The number of thiol groups is 1. The predicted molar refractivity (Wildman–Crippen MR) is 76.1 cm³/mol. The van der Waals surface area contributed by atoms with E-state index in [1.807, 2.05) is 19.1 Å². The van der Waals surface area contributed by atoms with Crippen molar-refractivity contribution in [2.24, 2.45) is 0 Å². The van der Waals surface area contributed by atoms with Crippen LogP contribution in [0.15, 0.2) is 18.3 Å². The molecule has 0 aromatic carbocycles. The van der Waals surface area contributed by atoms with Crippen molar-refractivity contribution >= 4 is 18.5 Å². The predicted octanol–water partition coefficient (Wildman–Crippen LogP) is 0.767. The molecule has 0 radical (unpaired) electrons. The van der Waals surface area contributed by atoms with Crippen LogP contribution in [0.1, 0.15) is 16.5 Å². The summed E-state index contributed by atoms with van der Waals surface area (Å²) in [6.07, 6.45) is 1.68. The molecule has 1 aliphatic heterocycles. The molecule has 1 aliphatic rings. The van der Waals surface area contributed by atoms with Crippen molar-refractivity contribution in [1.29, 1.82) is 0 Å². The Kier molecular flexibility index (Phi) is 5.18. The van der Waals surface area contributed by atoms with Crippen LogP contribution < -0.4 is 5.32 Å². The van der Waals surface area contributed by atoms with Crippen molar-refractivity contribution in [3.05, 3.63) is 29.6 Å². The van der Waals surface area contributed by atoms with E-state index in [0.717, 1.165) is 31.9 Å². The van der Waals surface area contributed by atoms with E-state index in [-0.39, 0.29) is 5.91 Å². The number of aryl methyl sites for hydroxylation is 1. The highest BCUT2D eigenvalue weighted by atomic mass is 32.1. The summed E-state index contributed by atoms with van der Waals surface area (Å²) in [5.74, 6) is -0.114. The number of hydrogen-bond donors (Lipinski definition) is 2. The molecule has 0 bridgehead atoms. The molecular weight excluding hydrogens is 262 g/mol. The maximum absolute atomic E-state index is 12.1. The second-order valence-electron chi connectivity index (χ2n) is 4.54. The maximum atomic E-state index is 12.1. The van der Waals surface area contributed by atoms with Crippen LogP contribution in [0.2, 0.25) is 0 Å². The highest BCUT2D eigenvalue weighted by Gasteiger charge is 2.20. The smallest absolute Gasteiger partial charge is 0.239 e. The number of carbonyl (C=O) groups excluding carboxylic acids is 1. The number of rotatable bonds is 4. The summed E-state index contributed by atoms with van der Waals surface area (Å²) in [5.41, 5.74) is 1.69. The van der Waals surface area contributed by atoms with E-state index in [1.165, 1.54) is 0 Å². The molecule has 1 N–H and O–H groups in total. The summed E-state index contributed by atoms with van der Waals surface area (Å²) in [5, 5.41) is 2.37. The van der Waals surface area contributed by atoms with E-state index < -0.39 is 5.25 Å². The Morgan fingerprint density at radius 3 is 3.00 bits per heavy atom. The molecule has 0 aliphatic carbocycles. The van der Waals surface area contributed by atoms with Gasteiger partial charge in [0, 0.05) is 19.3 Å². The van der Waals surface area contributed by atoms with Gasteiger partial charge in [0.05, 0.1) is 25.6 Å². The van der Waals surface area contributed by atoms with Gasteiger partial charge < -0.3 is 10.1 Å². The van der Waals surface area contributed by atoms with E-state index in [9.17, 15) is 4.79 Å². The molecule has 1 atom stereocenters. The fraction of sp³-hybridized carbons (Fsp3) is 0.538. The molecule has 1 fully saturated rings. The number of amides is 1. The Labute approximate surface area is 118 Å². The minimum absolute atomic E-state index is 0.114. The van der Waals surface area contributed by atoms with E-state index in [1.54, 1.807) is 6.20 Å². The van der Waals surface area contributed by atoms with Crippen molar-refractivity contribution in [1.82, 2.24) is 15.2 Å². The third-order valence-corrected chi connectivity index (χ3v) is 3.62. The van der Waals surface area contributed by atoms with Crippen LogP contribution in [-0.2, 0) is 9.53 Å². The number of aromatic nitrogens is 1. The van der Waals surface area contributed by atoms with E-state index in [2.05, 4.69) is 27.8 Å². The Balaban J connectivity index is 1.87. The number of ether oxygens (including phenoxy) is 1. The third kappa shape index (κ3) is 3.92. The average molecular weight is 281 g/mol. The molecular formula is C13H19N3O2S. The number of nitrogens with one attached hydrogen (secondary N) is 1. The molecule has 1 unspecified atom stereocenters. The van der Waals surface area contributed by atoms with Gasteiger partial charge in [-0.15, -0.1) is 0 Å². The quantitative estimate of drug-likeness (QED) is 0.800. The van der Waals surface area contributed by atoms with Gasteiger partial charge in [0.15, 0.2) is 0 Å². The van der Waals surface area contributed by atoms with E-state index in [0.29, 0.717) is 12.4 Å². The zero-order valence-corrected chi connectivity index (χ0v) is 11.9. The molecule has 2 heterocycles. The van der Waals surface area contributed by atoms with Crippen LogP contribution in [0.5, 0.6) is 0 Å². The fourth-order valence-electron chi connectivity index (χ4n) is 1.95. The van der Waals surface area contributed by atoms with Crippen LogP contribution in [0.4, 0.5) is 0 Å². The minimum Gasteiger partial charge on any atom is -0.379 e. The van der Waals surface area contributed by atoms with E-state index >= 15 is 0 Å². The van der Waals surface area contributed by atoms with Gasteiger partial charge in [-0.3, -0.25) is 14.7 Å². The first-order valence-corrected chi connectivity index (χ1v) is 6.87. The zero-order chi connectivity index (χ0) is 13.7. The average Bonchev–Trinajstić information content (AvgIpc) is 2.45. The molecule has 2 rings (SSSR count). The molecule has 19 heavy (non-hydrogen) atoms.